The maximum absolute atomic E-state index is 3.61. The first-order valence-electron chi connectivity index (χ1n) is 6.98. The third kappa shape index (κ3) is 3.62. The van der Waals surface area contributed by atoms with Gasteiger partial charge in [-0.3, -0.25) is 0 Å². The lowest BCUT2D eigenvalue weighted by atomic mass is 10.1. The van der Waals surface area contributed by atoms with Gasteiger partial charge in [0.15, 0.2) is 0 Å². The third-order valence-corrected chi connectivity index (χ3v) is 4.94. The number of hydrogen-bond acceptors (Lipinski definition) is 3. The molecule has 4 heteroatoms. The first-order chi connectivity index (χ1) is 9.72. The average Bonchev–Trinajstić information content (AvgIpc) is 3.13. The zero-order valence-corrected chi connectivity index (χ0v) is 14.0. The Labute approximate surface area is 132 Å². The lowest BCUT2D eigenvalue weighted by Gasteiger charge is -2.22. The van der Waals surface area contributed by atoms with Gasteiger partial charge < -0.3 is 10.2 Å². The summed E-state index contributed by atoms with van der Waals surface area (Å²) >= 11 is 5.41. The number of nitrogens with one attached hydrogen (secondary N) is 1. The van der Waals surface area contributed by atoms with E-state index in [1.165, 1.54) is 29.0 Å². The first kappa shape index (κ1) is 14.1. The van der Waals surface area contributed by atoms with Gasteiger partial charge in [-0.15, -0.1) is 11.3 Å². The van der Waals surface area contributed by atoms with Crippen LogP contribution in [-0.2, 0) is 13.1 Å². The van der Waals surface area contributed by atoms with E-state index in [2.05, 4.69) is 68.9 Å². The van der Waals surface area contributed by atoms with Crippen LogP contribution < -0.4 is 10.2 Å². The van der Waals surface area contributed by atoms with Gasteiger partial charge in [0.2, 0.25) is 0 Å². The molecule has 0 bridgehead atoms. The first-order valence-corrected chi connectivity index (χ1v) is 8.65. The van der Waals surface area contributed by atoms with Crippen LogP contribution in [0.25, 0.3) is 0 Å². The molecule has 106 valence electrons. The zero-order valence-electron chi connectivity index (χ0n) is 11.6. The van der Waals surface area contributed by atoms with Crippen molar-refractivity contribution in [2.45, 2.75) is 32.0 Å². The number of anilines is 1. The minimum Gasteiger partial charge on any atom is -0.369 e. The lowest BCUT2D eigenvalue weighted by molar-refractivity contribution is 0.685. The van der Waals surface area contributed by atoms with Gasteiger partial charge in [-0.1, -0.05) is 28.1 Å². The van der Waals surface area contributed by atoms with Crippen molar-refractivity contribution in [3.8, 4) is 0 Å². The Kier molecular flexibility index (Phi) is 4.44. The molecular weight excluding hydrogens is 332 g/mol. The van der Waals surface area contributed by atoms with Crippen LogP contribution in [0.5, 0.6) is 0 Å². The standard InChI is InChI=1S/C16H19BrN2S/c1-19(11-15-3-2-8-20-15)16-9-13(17)5-4-12(16)10-18-14-6-7-14/h2-5,8-9,14,18H,6-7,10-11H2,1H3. The fourth-order valence-corrected chi connectivity index (χ4v) is 3.41. The van der Waals surface area contributed by atoms with E-state index in [9.17, 15) is 0 Å². The largest absolute Gasteiger partial charge is 0.369 e. The van der Waals surface area contributed by atoms with Crippen molar-refractivity contribution in [2.75, 3.05) is 11.9 Å². The van der Waals surface area contributed by atoms with E-state index in [0.29, 0.717) is 0 Å². The van der Waals surface area contributed by atoms with Crippen LogP contribution in [0.4, 0.5) is 5.69 Å². The minimum atomic E-state index is 0.745. The SMILES string of the molecule is CN(Cc1cccs1)c1cc(Br)ccc1CNC1CC1. The molecular formula is C16H19BrN2S. The predicted molar refractivity (Wildman–Crippen MR) is 90.4 cm³/mol. The minimum absolute atomic E-state index is 0.745. The molecule has 2 aromatic rings. The van der Waals surface area contributed by atoms with Gasteiger partial charge in [-0.2, -0.15) is 0 Å². The van der Waals surface area contributed by atoms with Crippen molar-refractivity contribution in [3.63, 3.8) is 0 Å². The molecule has 1 aliphatic carbocycles. The Balaban J connectivity index is 1.76. The second-order valence-electron chi connectivity index (χ2n) is 5.36. The monoisotopic (exact) mass is 350 g/mol. The summed E-state index contributed by atoms with van der Waals surface area (Å²) < 4.78 is 1.14. The van der Waals surface area contributed by atoms with Gasteiger partial charge in [0.25, 0.3) is 0 Å². The fourth-order valence-electron chi connectivity index (χ4n) is 2.31. The molecule has 0 saturated heterocycles. The number of rotatable bonds is 6. The van der Waals surface area contributed by atoms with E-state index in [4.69, 9.17) is 0 Å². The van der Waals surface area contributed by atoms with Crippen molar-refractivity contribution in [1.82, 2.24) is 5.32 Å². The molecule has 1 heterocycles. The summed E-state index contributed by atoms with van der Waals surface area (Å²) in [5.41, 5.74) is 2.68. The smallest absolute Gasteiger partial charge is 0.0519 e. The quantitative estimate of drug-likeness (QED) is 0.830. The fraction of sp³-hybridized carbons (Fsp3) is 0.375. The van der Waals surface area contributed by atoms with E-state index in [1.54, 1.807) is 0 Å². The third-order valence-electron chi connectivity index (χ3n) is 3.59. The maximum atomic E-state index is 3.61. The Morgan fingerprint density at radius 2 is 2.20 bits per heavy atom. The maximum Gasteiger partial charge on any atom is 0.0519 e. The lowest BCUT2D eigenvalue weighted by Crippen LogP contribution is -2.21. The van der Waals surface area contributed by atoms with E-state index < -0.39 is 0 Å². The number of halogens is 1. The van der Waals surface area contributed by atoms with Crippen LogP contribution in [0.15, 0.2) is 40.2 Å². The molecule has 0 aliphatic heterocycles. The van der Waals surface area contributed by atoms with E-state index in [0.717, 1.165) is 23.6 Å². The Morgan fingerprint density at radius 1 is 1.35 bits per heavy atom. The van der Waals surface area contributed by atoms with Crippen molar-refractivity contribution in [3.05, 3.63) is 50.6 Å². The molecule has 20 heavy (non-hydrogen) atoms. The molecule has 1 saturated carbocycles. The van der Waals surface area contributed by atoms with Gasteiger partial charge in [0.05, 0.1) is 6.54 Å². The highest BCUT2D eigenvalue weighted by molar-refractivity contribution is 9.10. The second-order valence-corrected chi connectivity index (χ2v) is 7.31. The topological polar surface area (TPSA) is 15.3 Å². The number of nitrogens with zero attached hydrogens (tertiary/aromatic N) is 1. The van der Waals surface area contributed by atoms with Crippen molar-refractivity contribution in [1.29, 1.82) is 0 Å². The molecule has 1 fully saturated rings. The molecule has 1 N–H and O–H groups in total. The van der Waals surface area contributed by atoms with Crippen LogP contribution in [0.2, 0.25) is 0 Å². The van der Waals surface area contributed by atoms with Crippen molar-refractivity contribution < 1.29 is 0 Å². The highest BCUT2D eigenvalue weighted by Gasteiger charge is 2.20. The van der Waals surface area contributed by atoms with E-state index >= 15 is 0 Å². The summed E-state index contributed by atoms with van der Waals surface area (Å²) in [6.07, 6.45) is 2.66. The molecule has 1 aromatic carbocycles. The van der Waals surface area contributed by atoms with E-state index in [-0.39, 0.29) is 0 Å². The summed E-state index contributed by atoms with van der Waals surface area (Å²) in [5, 5.41) is 5.75. The normalized spacial score (nSPS) is 14.5. The van der Waals surface area contributed by atoms with Crippen LogP contribution in [0.3, 0.4) is 0 Å². The molecule has 1 aromatic heterocycles. The molecule has 3 rings (SSSR count). The van der Waals surface area contributed by atoms with Crippen molar-refractivity contribution in [2.24, 2.45) is 0 Å². The van der Waals surface area contributed by atoms with Gasteiger partial charge in [-0.05, 0) is 42.0 Å². The van der Waals surface area contributed by atoms with E-state index in [1.807, 2.05) is 11.3 Å². The zero-order chi connectivity index (χ0) is 13.9. The highest BCUT2D eigenvalue weighted by Crippen LogP contribution is 2.27. The molecule has 0 spiro atoms. The second kappa shape index (κ2) is 6.29. The Hall–Kier alpha value is -0.840. The summed E-state index contributed by atoms with van der Waals surface area (Å²) in [6, 6.07) is 11.6. The van der Waals surface area contributed by atoms with Gasteiger partial charge in [0.1, 0.15) is 0 Å². The molecule has 0 unspecified atom stereocenters. The molecule has 2 nitrogen and oxygen atoms in total. The van der Waals surface area contributed by atoms with Gasteiger partial charge >= 0.3 is 0 Å². The summed E-state index contributed by atoms with van der Waals surface area (Å²) in [6.45, 7) is 1.92. The number of hydrogen-bond donors (Lipinski definition) is 1. The number of benzene rings is 1. The predicted octanol–water partition coefficient (Wildman–Crippen LogP) is 4.40. The average molecular weight is 351 g/mol. The van der Waals surface area contributed by atoms with Crippen LogP contribution >= 0.6 is 27.3 Å². The van der Waals surface area contributed by atoms with Crippen molar-refractivity contribution >= 4 is 33.0 Å². The summed E-state index contributed by atoms with van der Waals surface area (Å²) in [7, 11) is 2.17. The summed E-state index contributed by atoms with van der Waals surface area (Å²) in [5.74, 6) is 0. The molecule has 0 amide bonds. The van der Waals surface area contributed by atoms with Gasteiger partial charge in [0, 0.05) is 34.7 Å². The van der Waals surface area contributed by atoms with Crippen LogP contribution in [-0.4, -0.2) is 13.1 Å². The Bertz CT molecular complexity index is 564. The highest BCUT2D eigenvalue weighted by atomic mass is 79.9. The summed E-state index contributed by atoms with van der Waals surface area (Å²) in [4.78, 5) is 3.73. The van der Waals surface area contributed by atoms with Crippen LogP contribution in [0.1, 0.15) is 23.3 Å². The van der Waals surface area contributed by atoms with Gasteiger partial charge in [-0.25, -0.2) is 0 Å². The Morgan fingerprint density at radius 3 is 2.90 bits per heavy atom. The number of thiophene rings is 1. The van der Waals surface area contributed by atoms with Crippen LogP contribution in [0, 0.1) is 0 Å². The molecule has 0 atom stereocenters. The molecule has 1 aliphatic rings. The molecule has 0 radical (unpaired) electrons.